The Bertz CT molecular complexity index is 3550. The third-order valence-electron chi connectivity index (χ3n) is 11.3. The number of aromatic nitrogens is 2. The van der Waals surface area contributed by atoms with Gasteiger partial charge in [0.25, 0.3) is 0 Å². The lowest BCUT2D eigenvalue weighted by molar-refractivity contribution is 0.592. The molecule has 54 heavy (non-hydrogen) atoms. The van der Waals surface area contributed by atoms with E-state index in [1.165, 1.54) is 5.39 Å². The van der Waals surface area contributed by atoms with E-state index >= 15 is 4.57 Å². The first-order valence-corrected chi connectivity index (χ1v) is 19.8. The van der Waals surface area contributed by atoms with E-state index in [0.29, 0.717) is 5.58 Å². The molecule has 0 saturated heterocycles. The van der Waals surface area contributed by atoms with E-state index in [2.05, 4.69) is 82.8 Å². The van der Waals surface area contributed by atoms with Crippen LogP contribution in [0.4, 0.5) is 0 Å². The molecule has 0 aliphatic rings. The predicted molar refractivity (Wildman–Crippen MR) is 225 cm³/mol. The molecule has 12 rings (SSSR count). The summed E-state index contributed by atoms with van der Waals surface area (Å²) >= 11 is 0. The Labute approximate surface area is 307 Å². The van der Waals surface area contributed by atoms with E-state index in [0.717, 1.165) is 104 Å². The van der Waals surface area contributed by atoms with Gasteiger partial charge >= 0.3 is 0 Å². The van der Waals surface area contributed by atoms with Crippen LogP contribution in [-0.4, -0.2) is 9.97 Å². The Kier molecular flexibility index (Phi) is 5.98. The van der Waals surface area contributed by atoms with Crippen molar-refractivity contribution in [1.82, 2.24) is 9.97 Å². The van der Waals surface area contributed by atoms with Crippen LogP contribution < -0.4 is 15.9 Å². The van der Waals surface area contributed by atoms with Crippen LogP contribution in [0.5, 0.6) is 0 Å². The Balaban J connectivity index is 1.20. The molecule has 4 heterocycles. The number of benzene rings is 8. The van der Waals surface area contributed by atoms with Gasteiger partial charge in [-0.2, -0.15) is 0 Å². The minimum atomic E-state index is -3.61. The molecule has 12 aromatic rings. The maximum Gasteiger partial charge on any atom is 0.172 e. The molecular formula is C48H29N2O3P. The van der Waals surface area contributed by atoms with Crippen LogP contribution in [0.1, 0.15) is 0 Å². The Hall–Kier alpha value is -6.81. The third-order valence-corrected chi connectivity index (χ3v) is 14.4. The van der Waals surface area contributed by atoms with Crippen LogP contribution in [0.3, 0.4) is 0 Å². The quantitative estimate of drug-likeness (QED) is 0.178. The predicted octanol–water partition coefficient (Wildman–Crippen LogP) is 12.1. The number of aromatic amines is 2. The van der Waals surface area contributed by atoms with Crippen molar-refractivity contribution >= 4 is 111 Å². The van der Waals surface area contributed by atoms with Gasteiger partial charge in [0.2, 0.25) is 0 Å². The van der Waals surface area contributed by atoms with Gasteiger partial charge in [0, 0.05) is 59.3 Å². The zero-order valence-electron chi connectivity index (χ0n) is 28.8. The second-order valence-electron chi connectivity index (χ2n) is 14.1. The summed E-state index contributed by atoms with van der Waals surface area (Å²) in [5.41, 5.74) is 9.02. The minimum Gasteiger partial charge on any atom is -0.456 e. The first-order chi connectivity index (χ1) is 26.7. The molecule has 0 aliphatic heterocycles. The summed E-state index contributed by atoms with van der Waals surface area (Å²) in [7, 11) is -3.61. The van der Waals surface area contributed by atoms with Gasteiger partial charge in [0.05, 0.1) is 21.8 Å². The maximum absolute atomic E-state index is 16.9. The van der Waals surface area contributed by atoms with Crippen LogP contribution in [0, 0.1) is 0 Å². The maximum atomic E-state index is 16.9. The summed E-state index contributed by atoms with van der Waals surface area (Å²) in [4.78, 5) is 7.39. The summed E-state index contributed by atoms with van der Waals surface area (Å²) in [5.74, 6) is 0. The molecule has 1 unspecified atom stereocenters. The fourth-order valence-electron chi connectivity index (χ4n) is 8.94. The number of hydrogen-bond donors (Lipinski definition) is 2. The average Bonchev–Trinajstić information content (AvgIpc) is 4.00. The first-order valence-electron chi connectivity index (χ1n) is 18.1. The van der Waals surface area contributed by atoms with Gasteiger partial charge in [0.1, 0.15) is 22.3 Å². The molecule has 5 nitrogen and oxygen atoms in total. The number of para-hydroxylation sites is 2. The number of fused-ring (bicyclic) bond motifs is 14. The SMILES string of the molecule is O=P(c1ccccc1)(c1ccccc1-c1cccc2oc3ccc4c5ccccc5[nH]c4c3c12)c1cccc2oc3ccc4c5ccccc5[nH]c4c3c12. The van der Waals surface area contributed by atoms with E-state index in [1.807, 2.05) is 91.0 Å². The molecule has 6 heteroatoms. The summed E-state index contributed by atoms with van der Waals surface area (Å²) in [6.07, 6.45) is 0. The zero-order chi connectivity index (χ0) is 35.5. The summed E-state index contributed by atoms with van der Waals surface area (Å²) in [5, 5.41) is 10.6. The summed E-state index contributed by atoms with van der Waals surface area (Å²) in [6, 6.07) is 55.4. The molecule has 4 aromatic heterocycles. The second-order valence-corrected chi connectivity index (χ2v) is 16.8. The van der Waals surface area contributed by atoms with Gasteiger partial charge in [-0.25, -0.2) is 0 Å². The van der Waals surface area contributed by atoms with E-state index < -0.39 is 7.14 Å². The molecule has 0 radical (unpaired) electrons. The number of furan rings is 2. The molecule has 0 bridgehead atoms. The van der Waals surface area contributed by atoms with Crippen molar-refractivity contribution in [2.45, 2.75) is 0 Å². The first kappa shape index (κ1) is 29.7. The van der Waals surface area contributed by atoms with Gasteiger partial charge in [-0.3, -0.25) is 0 Å². The standard InChI is InChI=1S/C48H29N2O3P/c51-54(28-12-2-1-3-13-28,42-23-11-21-38-44(42)46-40(53-38)27-25-34-30-15-5-8-19-36(30)50-48(34)46)41-22-9-6-16-31(41)32-17-10-20-37-43(32)45-39(52-37)26-24-33-29-14-4-7-18-35(29)49-47(33)45/h1-27,49-50H. The molecule has 2 N–H and O–H groups in total. The average molecular weight is 713 g/mol. The zero-order valence-corrected chi connectivity index (χ0v) is 29.7. The van der Waals surface area contributed by atoms with Gasteiger partial charge < -0.3 is 23.4 Å². The summed E-state index contributed by atoms with van der Waals surface area (Å²) < 4.78 is 30.0. The smallest absolute Gasteiger partial charge is 0.172 e. The van der Waals surface area contributed by atoms with Crippen LogP contribution >= 0.6 is 7.14 Å². The number of H-pyrrole nitrogens is 2. The van der Waals surface area contributed by atoms with Crippen LogP contribution in [0.25, 0.3) is 98.6 Å². The third kappa shape index (κ3) is 3.91. The van der Waals surface area contributed by atoms with Crippen molar-refractivity contribution in [2.24, 2.45) is 0 Å². The fourth-order valence-corrected chi connectivity index (χ4v) is 12.0. The van der Waals surface area contributed by atoms with Crippen molar-refractivity contribution < 1.29 is 13.4 Å². The lowest BCUT2D eigenvalue weighted by Gasteiger charge is -2.24. The summed E-state index contributed by atoms with van der Waals surface area (Å²) in [6.45, 7) is 0. The van der Waals surface area contributed by atoms with E-state index in [4.69, 9.17) is 8.83 Å². The highest BCUT2D eigenvalue weighted by Crippen LogP contribution is 2.51. The molecular weight excluding hydrogens is 684 g/mol. The van der Waals surface area contributed by atoms with E-state index in [9.17, 15) is 0 Å². The molecule has 0 amide bonds. The van der Waals surface area contributed by atoms with Crippen molar-refractivity contribution in [1.29, 1.82) is 0 Å². The molecule has 0 saturated carbocycles. The Morgan fingerprint density at radius 1 is 0.370 bits per heavy atom. The van der Waals surface area contributed by atoms with E-state index in [-0.39, 0.29) is 0 Å². The minimum absolute atomic E-state index is 0.700. The molecule has 8 aromatic carbocycles. The van der Waals surface area contributed by atoms with Crippen molar-refractivity contribution in [3.05, 3.63) is 164 Å². The van der Waals surface area contributed by atoms with Crippen molar-refractivity contribution in [3.63, 3.8) is 0 Å². The number of hydrogen-bond acceptors (Lipinski definition) is 3. The highest BCUT2D eigenvalue weighted by molar-refractivity contribution is 7.86. The molecule has 0 spiro atoms. The molecule has 254 valence electrons. The number of nitrogens with one attached hydrogen (secondary N) is 2. The highest BCUT2D eigenvalue weighted by atomic mass is 31.2. The van der Waals surface area contributed by atoms with Gasteiger partial charge in [-0.05, 0) is 65.7 Å². The van der Waals surface area contributed by atoms with Gasteiger partial charge in [-0.1, -0.05) is 109 Å². The lowest BCUT2D eigenvalue weighted by Crippen LogP contribution is -2.26. The highest BCUT2D eigenvalue weighted by Gasteiger charge is 2.36. The second kappa shape index (κ2) is 10.9. The molecule has 0 aliphatic carbocycles. The molecule has 0 fully saturated rings. The van der Waals surface area contributed by atoms with Crippen LogP contribution in [0.15, 0.2) is 173 Å². The lowest BCUT2D eigenvalue weighted by atomic mass is 9.98. The van der Waals surface area contributed by atoms with Crippen molar-refractivity contribution in [3.8, 4) is 11.1 Å². The number of rotatable bonds is 4. The van der Waals surface area contributed by atoms with Crippen molar-refractivity contribution in [2.75, 3.05) is 0 Å². The van der Waals surface area contributed by atoms with Gasteiger partial charge in [0.15, 0.2) is 7.14 Å². The molecule has 1 atom stereocenters. The fraction of sp³-hybridized carbons (Fsp3) is 0. The topological polar surface area (TPSA) is 74.9 Å². The largest absolute Gasteiger partial charge is 0.456 e. The van der Waals surface area contributed by atoms with Gasteiger partial charge in [-0.15, -0.1) is 0 Å². The van der Waals surface area contributed by atoms with E-state index in [1.54, 1.807) is 0 Å². The Morgan fingerprint density at radius 3 is 1.56 bits per heavy atom. The monoisotopic (exact) mass is 712 g/mol. The Morgan fingerprint density at radius 2 is 0.870 bits per heavy atom. The van der Waals surface area contributed by atoms with Crippen LogP contribution in [0.2, 0.25) is 0 Å². The normalized spacial score (nSPS) is 13.4. The van der Waals surface area contributed by atoms with Crippen LogP contribution in [-0.2, 0) is 4.57 Å².